The van der Waals surface area contributed by atoms with Gasteiger partial charge in [0.25, 0.3) is 5.91 Å². The zero-order valence-electron chi connectivity index (χ0n) is 10.6. The Labute approximate surface area is 115 Å². The molecule has 0 heterocycles. The molecular formula is C15H13FN2O2. The Hall–Kier alpha value is -2.69. The Morgan fingerprint density at radius 3 is 2.40 bits per heavy atom. The Balaban J connectivity index is 2.24. The second-order valence-electron chi connectivity index (χ2n) is 4.23. The molecule has 0 unspecified atom stereocenters. The highest BCUT2D eigenvalue weighted by Crippen LogP contribution is 2.17. The molecule has 2 aromatic carbocycles. The first-order valence-electron chi connectivity index (χ1n) is 6.00. The first-order chi connectivity index (χ1) is 9.58. The van der Waals surface area contributed by atoms with Gasteiger partial charge in [-0.05, 0) is 23.8 Å². The lowest BCUT2D eigenvalue weighted by atomic mass is 10.1. The van der Waals surface area contributed by atoms with Crippen molar-refractivity contribution < 1.29 is 14.0 Å². The minimum Gasteiger partial charge on any atom is -0.369 e. The number of nitrogens with two attached hydrogens (primary N) is 1. The molecule has 4 nitrogen and oxygen atoms in total. The van der Waals surface area contributed by atoms with E-state index in [-0.39, 0.29) is 12.0 Å². The number of carbonyl (C=O) groups excluding carboxylic acids is 2. The highest BCUT2D eigenvalue weighted by atomic mass is 19.1. The van der Waals surface area contributed by atoms with Crippen molar-refractivity contribution in [3.05, 3.63) is 65.5 Å². The molecule has 102 valence electrons. The molecule has 2 amide bonds. The fourth-order valence-electron chi connectivity index (χ4n) is 1.82. The molecule has 5 heteroatoms. The van der Waals surface area contributed by atoms with Gasteiger partial charge < -0.3 is 11.1 Å². The Morgan fingerprint density at radius 1 is 1.05 bits per heavy atom. The van der Waals surface area contributed by atoms with E-state index in [0.29, 0.717) is 11.3 Å². The Kier molecular flexibility index (Phi) is 4.10. The van der Waals surface area contributed by atoms with E-state index in [1.165, 1.54) is 18.2 Å². The minimum atomic E-state index is -0.600. The molecule has 0 atom stereocenters. The van der Waals surface area contributed by atoms with Crippen molar-refractivity contribution in [2.24, 2.45) is 5.73 Å². The van der Waals surface area contributed by atoms with Gasteiger partial charge in [-0.1, -0.05) is 30.3 Å². The van der Waals surface area contributed by atoms with Gasteiger partial charge in [0.05, 0.1) is 12.0 Å². The lowest BCUT2D eigenvalue weighted by molar-refractivity contribution is -0.117. The fourth-order valence-corrected chi connectivity index (χ4v) is 1.82. The van der Waals surface area contributed by atoms with Gasteiger partial charge in [0.1, 0.15) is 5.82 Å². The number of hydrogen-bond acceptors (Lipinski definition) is 2. The van der Waals surface area contributed by atoms with Crippen LogP contribution in [0.1, 0.15) is 15.9 Å². The van der Waals surface area contributed by atoms with Gasteiger partial charge in [-0.3, -0.25) is 9.59 Å². The summed E-state index contributed by atoms with van der Waals surface area (Å²) in [6.45, 7) is 0. The largest absolute Gasteiger partial charge is 0.369 e. The van der Waals surface area contributed by atoms with Crippen molar-refractivity contribution in [3.63, 3.8) is 0 Å². The van der Waals surface area contributed by atoms with E-state index in [0.717, 1.165) is 0 Å². The van der Waals surface area contributed by atoms with Gasteiger partial charge in [-0.25, -0.2) is 4.39 Å². The second-order valence-corrected chi connectivity index (χ2v) is 4.23. The highest BCUT2D eigenvalue weighted by molar-refractivity contribution is 6.05. The number of rotatable bonds is 4. The molecule has 0 aliphatic heterocycles. The number of benzene rings is 2. The second kappa shape index (κ2) is 5.97. The third kappa shape index (κ3) is 3.20. The number of carbonyl (C=O) groups is 2. The molecule has 20 heavy (non-hydrogen) atoms. The van der Waals surface area contributed by atoms with Gasteiger partial charge in [0, 0.05) is 5.69 Å². The third-order valence-corrected chi connectivity index (χ3v) is 2.75. The van der Waals surface area contributed by atoms with Gasteiger partial charge in [-0.2, -0.15) is 0 Å². The first-order valence-corrected chi connectivity index (χ1v) is 6.00. The molecular weight excluding hydrogens is 259 g/mol. The summed E-state index contributed by atoms with van der Waals surface area (Å²) in [7, 11) is 0. The van der Waals surface area contributed by atoms with Crippen LogP contribution in [0.3, 0.4) is 0 Å². The average molecular weight is 272 g/mol. The molecule has 0 spiro atoms. The van der Waals surface area contributed by atoms with Crippen molar-refractivity contribution in [1.29, 1.82) is 0 Å². The predicted octanol–water partition coefficient (Wildman–Crippen LogP) is 2.11. The summed E-state index contributed by atoms with van der Waals surface area (Å²) in [4.78, 5) is 23.0. The van der Waals surface area contributed by atoms with E-state index in [4.69, 9.17) is 5.73 Å². The standard InChI is InChI=1S/C15H13FN2O2/c16-12-7-3-2-6-11(12)15(20)18-13-8-4-1-5-10(13)9-14(17)19/h1-8H,9H2,(H2,17,19)(H,18,20). The number of halogens is 1. The van der Waals surface area contributed by atoms with Gasteiger partial charge in [0.2, 0.25) is 5.91 Å². The molecule has 0 aromatic heterocycles. The molecule has 0 bridgehead atoms. The predicted molar refractivity (Wildman–Crippen MR) is 73.7 cm³/mol. The van der Waals surface area contributed by atoms with Crippen molar-refractivity contribution in [2.45, 2.75) is 6.42 Å². The summed E-state index contributed by atoms with van der Waals surface area (Å²) in [6, 6.07) is 12.4. The molecule has 0 fully saturated rings. The topological polar surface area (TPSA) is 72.2 Å². The summed E-state index contributed by atoms with van der Waals surface area (Å²) >= 11 is 0. The highest BCUT2D eigenvalue weighted by Gasteiger charge is 2.13. The van der Waals surface area contributed by atoms with E-state index >= 15 is 0 Å². The molecule has 0 saturated carbocycles. The third-order valence-electron chi connectivity index (χ3n) is 2.75. The number of anilines is 1. The van der Waals surface area contributed by atoms with Crippen LogP contribution in [-0.2, 0) is 11.2 Å². The smallest absolute Gasteiger partial charge is 0.258 e. The van der Waals surface area contributed by atoms with Gasteiger partial charge in [0.15, 0.2) is 0 Å². The van der Waals surface area contributed by atoms with E-state index in [1.807, 2.05) is 0 Å². The van der Waals surface area contributed by atoms with Crippen molar-refractivity contribution in [3.8, 4) is 0 Å². The molecule has 3 N–H and O–H groups in total. The van der Waals surface area contributed by atoms with Crippen LogP contribution in [0.4, 0.5) is 10.1 Å². The minimum absolute atomic E-state index is 0.00766. The van der Waals surface area contributed by atoms with Gasteiger partial charge in [-0.15, -0.1) is 0 Å². The zero-order chi connectivity index (χ0) is 14.5. The van der Waals surface area contributed by atoms with E-state index in [2.05, 4.69) is 5.32 Å². The summed E-state index contributed by atoms with van der Waals surface area (Å²) < 4.78 is 13.5. The van der Waals surface area contributed by atoms with Gasteiger partial charge >= 0.3 is 0 Å². The van der Waals surface area contributed by atoms with Crippen molar-refractivity contribution in [2.75, 3.05) is 5.32 Å². The number of para-hydroxylation sites is 1. The Morgan fingerprint density at radius 2 is 1.70 bits per heavy atom. The quantitative estimate of drug-likeness (QED) is 0.894. The van der Waals surface area contributed by atoms with E-state index < -0.39 is 17.6 Å². The fraction of sp³-hybridized carbons (Fsp3) is 0.0667. The van der Waals surface area contributed by atoms with Crippen LogP contribution in [0, 0.1) is 5.82 Å². The summed E-state index contributed by atoms with van der Waals surface area (Å²) in [5, 5.41) is 2.59. The van der Waals surface area contributed by atoms with E-state index in [9.17, 15) is 14.0 Å². The number of nitrogens with one attached hydrogen (secondary N) is 1. The molecule has 2 rings (SSSR count). The molecule has 0 aliphatic carbocycles. The normalized spacial score (nSPS) is 10.1. The zero-order valence-corrected chi connectivity index (χ0v) is 10.6. The van der Waals surface area contributed by atoms with Crippen LogP contribution < -0.4 is 11.1 Å². The first kappa shape index (κ1) is 13.7. The number of primary amides is 1. The van der Waals surface area contributed by atoms with Crippen LogP contribution in [0.2, 0.25) is 0 Å². The lowest BCUT2D eigenvalue weighted by Gasteiger charge is -2.10. The van der Waals surface area contributed by atoms with Crippen LogP contribution in [-0.4, -0.2) is 11.8 Å². The number of hydrogen-bond donors (Lipinski definition) is 2. The SMILES string of the molecule is NC(=O)Cc1ccccc1NC(=O)c1ccccc1F. The van der Waals surface area contributed by atoms with Crippen LogP contribution in [0.15, 0.2) is 48.5 Å². The van der Waals surface area contributed by atoms with Crippen LogP contribution >= 0.6 is 0 Å². The molecule has 2 aromatic rings. The maximum Gasteiger partial charge on any atom is 0.258 e. The molecule has 0 radical (unpaired) electrons. The molecule has 0 aliphatic rings. The summed E-state index contributed by atoms with van der Waals surface area (Å²) in [5.74, 6) is -1.67. The van der Waals surface area contributed by atoms with Crippen molar-refractivity contribution >= 4 is 17.5 Å². The van der Waals surface area contributed by atoms with Crippen LogP contribution in [0.25, 0.3) is 0 Å². The van der Waals surface area contributed by atoms with Crippen molar-refractivity contribution in [1.82, 2.24) is 0 Å². The van der Waals surface area contributed by atoms with Crippen LogP contribution in [0.5, 0.6) is 0 Å². The Bertz CT molecular complexity index is 656. The average Bonchev–Trinajstić information content (AvgIpc) is 2.41. The maximum absolute atomic E-state index is 13.5. The monoisotopic (exact) mass is 272 g/mol. The maximum atomic E-state index is 13.5. The lowest BCUT2D eigenvalue weighted by Crippen LogP contribution is -2.18. The molecule has 0 saturated heterocycles. The number of amides is 2. The van der Waals surface area contributed by atoms with E-state index in [1.54, 1.807) is 30.3 Å². The summed E-state index contributed by atoms with van der Waals surface area (Å²) in [6.07, 6.45) is 0.00766. The summed E-state index contributed by atoms with van der Waals surface area (Å²) in [5.41, 5.74) is 6.13.